The van der Waals surface area contributed by atoms with Gasteiger partial charge in [-0.2, -0.15) is 11.8 Å². The zero-order chi connectivity index (χ0) is 15.2. The van der Waals surface area contributed by atoms with E-state index in [2.05, 4.69) is 19.2 Å². The average Bonchev–Trinajstić information content (AvgIpc) is 2.36. The molecule has 0 heterocycles. The number of rotatable bonds is 8. The van der Waals surface area contributed by atoms with Crippen LogP contribution in [0.1, 0.15) is 25.8 Å². The molecule has 6 heteroatoms. The van der Waals surface area contributed by atoms with Crippen LogP contribution in [0.3, 0.4) is 0 Å². The van der Waals surface area contributed by atoms with Gasteiger partial charge in [0.15, 0.2) is 9.84 Å². The van der Waals surface area contributed by atoms with Gasteiger partial charge in [-0.1, -0.05) is 24.6 Å². The lowest BCUT2D eigenvalue weighted by Gasteiger charge is -2.16. The highest BCUT2D eigenvalue weighted by molar-refractivity contribution is 7.99. The van der Waals surface area contributed by atoms with Crippen molar-refractivity contribution in [1.29, 1.82) is 0 Å². The van der Waals surface area contributed by atoms with E-state index in [1.807, 2.05) is 11.8 Å². The van der Waals surface area contributed by atoms with E-state index in [0.717, 1.165) is 17.9 Å². The van der Waals surface area contributed by atoms with Gasteiger partial charge in [-0.25, -0.2) is 8.42 Å². The summed E-state index contributed by atoms with van der Waals surface area (Å²) in [5, 5.41) is 3.84. The zero-order valence-electron chi connectivity index (χ0n) is 12.1. The van der Waals surface area contributed by atoms with Gasteiger partial charge in [-0.15, -0.1) is 0 Å². The normalized spacial score (nSPS) is 13.4. The maximum Gasteiger partial charge on any atom is 0.175 e. The molecule has 0 amide bonds. The molecule has 0 bridgehead atoms. The molecular weight excluding hydrogens is 314 g/mol. The summed E-state index contributed by atoms with van der Waals surface area (Å²) in [6, 6.07) is 5.34. The first-order chi connectivity index (χ1) is 9.36. The van der Waals surface area contributed by atoms with Gasteiger partial charge in [-0.3, -0.25) is 0 Å². The summed E-state index contributed by atoms with van der Waals surface area (Å²) in [7, 11) is -3.25. The van der Waals surface area contributed by atoms with Gasteiger partial charge in [-0.05, 0) is 37.0 Å². The summed E-state index contributed by atoms with van der Waals surface area (Å²) in [4.78, 5) is 0.313. The molecule has 1 aromatic rings. The van der Waals surface area contributed by atoms with E-state index in [-0.39, 0.29) is 0 Å². The molecule has 0 saturated carbocycles. The summed E-state index contributed by atoms with van der Waals surface area (Å²) in [5.74, 6) is 2.22. The van der Waals surface area contributed by atoms with Crippen molar-refractivity contribution in [3.63, 3.8) is 0 Å². The maximum atomic E-state index is 11.8. The molecule has 20 heavy (non-hydrogen) atoms. The molecule has 1 atom stereocenters. The largest absolute Gasteiger partial charge is 0.310 e. The van der Waals surface area contributed by atoms with E-state index < -0.39 is 9.84 Å². The second-order valence-corrected chi connectivity index (χ2v) is 8.54. The molecule has 3 nitrogen and oxygen atoms in total. The van der Waals surface area contributed by atoms with Crippen LogP contribution in [-0.4, -0.2) is 32.2 Å². The van der Waals surface area contributed by atoms with Gasteiger partial charge in [0.25, 0.3) is 0 Å². The Labute approximate surface area is 131 Å². The molecule has 1 unspecified atom stereocenters. The minimum atomic E-state index is -3.25. The predicted octanol–water partition coefficient (Wildman–Crippen LogP) is 3.36. The molecule has 1 rings (SSSR count). The molecule has 0 aliphatic carbocycles. The van der Waals surface area contributed by atoms with E-state index in [1.54, 1.807) is 18.2 Å². The predicted molar refractivity (Wildman–Crippen MR) is 88.5 cm³/mol. The van der Waals surface area contributed by atoms with Crippen molar-refractivity contribution in [2.75, 3.05) is 17.8 Å². The Balaban J connectivity index is 2.73. The number of halogens is 1. The highest BCUT2D eigenvalue weighted by atomic mass is 35.5. The minimum absolute atomic E-state index is 0.313. The first kappa shape index (κ1) is 17.8. The molecule has 1 N–H and O–H groups in total. The third-order valence-corrected chi connectivity index (χ3v) is 5.47. The quantitative estimate of drug-likeness (QED) is 0.740. The van der Waals surface area contributed by atoms with E-state index >= 15 is 0 Å². The van der Waals surface area contributed by atoms with Gasteiger partial charge in [0, 0.05) is 29.4 Å². The third kappa shape index (κ3) is 5.64. The van der Waals surface area contributed by atoms with E-state index in [1.165, 1.54) is 6.26 Å². The SMILES string of the molecule is CCSCCC(C)NCc1c(Cl)cccc1S(C)(=O)=O. The van der Waals surface area contributed by atoms with Crippen molar-refractivity contribution in [1.82, 2.24) is 5.32 Å². The Morgan fingerprint density at radius 3 is 2.70 bits per heavy atom. The lowest BCUT2D eigenvalue weighted by molar-refractivity contribution is 0.532. The van der Waals surface area contributed by atoms with E-state index in [9.17, 15) is 8.42 Å². The fourth-order valence-corrected chi connectivity index (χ4v) is 3.90. The Morgan fingerprint density at radius 2 is 2.10 bits per heavy atom. The fraction of sp³-hybridized carbons (Fsp3) is 0.571. The number of hydrogen-bond acceptors (Lipinski definition) is 4. The Hall–Kier alpha value is -0.230. The Kier molecular flexibility index (Phi) is 7.37. The van der Waals surface area contributed by atoms with Crippen LogP contribution in [0.2, 0.25) is 5.02 Å². The van der Waals surface area contributed by atoms with Crippen LogP contribution in [0, 0.1) is 0 Å². The number of sulfone groups is 1. The van der Waals surface area contributed by atoms with Crippen LogP contribution >= 0.6 is 23.4 Å². The molecular formula is C14H22ClNO2S2. The maximum absolute atomic E-state index is 11.8. The fourth-order valence-electron chi connectivity index (χ4n) is 1.84. The number of hydrogen-bond donors (Lipinski definition) is 1. The van der Waals surface area contributed by atoms with Gasteiger partial charge in [0.2, 0.25) is 0 Å². The van der Waals surface area contributed by atoms with Crippen molar-refractivity contribution in [2.24, 2.45) is 0 Å². The minimum Gasteiger partial charge on any atom is -0.310 e. The highest BCUT2D eigenvalue weighted by Gasteiger charge is 2.16. The third-order valence-electron chi connectivity index (χ3n) is 3.00. The van der Waals surface area contributed by atoms with Crippen molar-refractivity contribution in [3.8, 4) is 0 Å². The number of benzene rings is 1. The van der Waals surface area contributed by atoms with Crippen LogP contribution < -0.4 is 5.32 Å². The number of nitrogens with one attached hydrogen (secondary N) is 1. The van der Waals surface area contributed by atoms with Crippen molar-refractivity contribution >= 4 is 33.2 Å². The van der Waals surface area contributed by atoms with Crippen molar-refractivity contribution in [2.45, 2.75) is 37.8 Å². The van der Waals surface area contributed by atoms with E-state index in [0.29, 0.717) is 28.1 Å². The molecule has 0 saturated heterocycles. The topological polar surface area (TPSA) is 46.2 Å². The summed E-state index contributed by atoms with van der Waals surface area (Å²) < 4.78 is 23.5. The van der Waals surface area contributed by atoms with Crippen molar-refractivity contribution < 1.29 is 8.42 Å². The lowest BCUT2D eigenvalue weighted by Crippen LogP contribution is -2.27. The molecule has 0 aromatic heterocycles. The van der Waals surface area contributed by atoms with Crippen LogP contribution in [-0.2, 0) is 16.4 Å². The molecule has 0 aliphatic rings. The summed E-state index contributed by atoms with van der Waals surface area (Å²) in [6.07, 6.45) is 2.26. The zero-order valence-corrected chi connectivity index (χ0v) is 14.5. The Morgan fingerprint density at radius 1 is 1.40 bits per heavy atom. The standard InChI is InChI=1S/C14H22ClNO2S2/c1-4-19-9-8-11(2)16-10-12-13(15)6-5-7-14(12)20(3,17)18/h5-7,11,16H,4,8-10H2,1-3H3. The summed E-state index contributed by atoms with van der Waals surface area (Å²) in [6.45, 7) is 4.72. The second kappa shape index (κ2) is 8.27. The number of thioether (sulfide) groups is 1. The molecule has 0 aliphatic heterocycles. The van der Waals surface area contributed by atoms with Gasteiger partial charge in [0.1, 0.15) is 0 Å². The lowest BCUT2D eigenvalue weighted by atomic mass is 10.2. The summed E-state index contributed by atoms with van der Waals surface area (Å²) in [5.41, 5.74) is 0.659. The van der Waals surface area contributed by atoms with Crippen LogP contribution in [0.5, 0.6) is 0 Å². The van der Waals surface area contributed by atoms with Crippen LogP contribution in [0.25, 0.3) is 0 Å². The molecule has 114 valence electrons. The average molecular weight is 336 g/mol. The molecule has 1 aromatic carbocycles. The summed E-state index contributed by atoms with van der Waals surface area (Å²) >= 11 is 8.04. The monoisotopic (exact) mass is 335 g/mol. The first-order valence-electron chi connectivity index (χ1n) is 6.64. The van der Waals surface area contributed by atoms with Gasteiger partial charge in [0.05, 0.1) is 4.90 Å². The van der Waals surface area contributed by atoms with Gasteiger partial charge >= 0.3 is 0 Å². The Bertz CT molecular complexity index is 532. The van der Waals surface area contributed by atoms with Gasteiger partial charge < -0.3 is 5.32 Å². The van der Waals surface area contributed by atoms with E-state index in [4.69, 9.17) is 11.6 Å². The molecule has 0 spiro atoms. The van der Waals surface area contributed by atoms with Crippen molar-refractivity contribution in [3.05, 3.63) is 28.8 Å². The first-order valence-corrected chi connectivity index (χ1v) is 10.1. The highest BCUT2D eigenvalue weighted by Crippen LogP contribution is 2.24. The molecule has 0 fully saturated rings. The van der Waals surface area contributed by atoms with Crippen LogP contribution in [0.4, 0.5) is 0 Å². The second-order valence-electron chi connectivity index (χ2n) is 4.76. The smallest absolute Gasteiger partial charge is 0.175 e. The molecule has 0 radical (unpaired) electrons. The van der Waals surface area contributed by atoms with Crippen LogP contribution in [0.15, 0.2) is 23.1 Å².